The number of aliphatic hydroxyl groups excluding tert-OH is 1. The molecule has 0 heterocycles. The highest BCUT2D eigenvalue weighted by Crippen LogP contribution is 2.24. The van der Waals surface area contributed by atoms with Crippen LogP contribution in [0.3, 0.4) is 0 Å². The maximum atomic E-state index is 12.1. The molecule has 0 spiro atoms. The van der Waals surface area contributed by atoms with E-state index >= 15 is 0 Å². The molecule has 1 atom stereocenters. The van der Waals surface area contributed by atoms with Gasteiger partial charge in [-0.15, -0.1) is 0 Å². The van der Waals surface area contributed by atoms with Crippen molar-refractivity contribution in [2.75, 3.05) is 13.7 Å². The fourth-order valence-corrected chi connectivity index (χ4v) is 1.84. The zero-order valence-electron chi connectivity index (χ0n) is 12.1. The van der Waals surface area contributed by atoms with Crippen molar-refractivity contribution >= 4 is 6.09 Å². The lowest BCUT2D eigenvalue weighted by Gasteiger charge is -2.30. The number of rotatable bonds is 4. The first-order valence-electron chi connectivity index (χ1n) is 6.47. The summed E-state index contributed by atoms with van der Waals surface area (Å²) < 4.78 is 5.35. The van der Waals surface area contributed by atoms with E-state index in [1.807, 2.05) is 51.1 Å². The number of carbonyl (C=O) groups is 1. The van der Waals surface area contributed by atoms with Gasteiger partial charge in [0.05, 0.1) is 6.04 Å². The Morgan fingerprint density at radius 2 is 1.89 bits per heavy atom. The summed E-state index contributed by atoms with van der Waals surface area (Å²) in [6.45, 7) is 5.53. The third kappa shape index (κ3) is 4.91. The maximum absolute atomic E-state index is 12.1. The predicted octanol–water partition coefficient (Wildman–Crippen LogP) is 2.98. The molecule has 19 heavy (non-hydrogen) atoms. The molecule has 1 N–H and O–H groups in total. The van der Waals surface area contributed by atoms with Gasteiger partial charge in [-0.1, -0.05) is 30.3 Å². The van der Waals surface area contributed by atoms with Crippen LogP contribution in [0.1, 0.15) is 38.8 Å². The quantitative estimate of drug-likeness (QED) is 0.910. The third-order valence-electron chi connectivity index (χ3n) is 2.74. The van der Waals surface area contributed by atoms with E-state index in [9.17, 15) is 9.90 Å². The van der Waals surface area contributed by atoms with Gasteiger partial charge in [-0.05, 0) is 32.8 Å². The first kappa shape index (κ1) is 15.5. The highest BCUT2D eigenvalue weighted by molar-refractivity contribution is 5.68. The van der Waals surface area contributed by atoms with Crippen molar-refractivity contribution in [3.05, 3.63) is 35.9 Å². The van der Waals surface area contributed by atoms with Gasteiger partial charge in [-0.3, -0.25) is 0 Å². The second-order valence-electron chi connectivity index (χ2n) is 5.53. The fraction of sp³-hybridized carbons (Fsp3) is 0.533. The van der Waals surface area contributed by atoms with Crippen LogP contribution in [0.2, 0.25) is 0 Å². The van der Waals surface area contributed by atoms with E-state index in [1.165, 1.54) is 4.90 Å². The van der Waals surface area contributed by atoms with Crippen LogP contribution in [0.15, 0.2) is 30.3 Å². The van der Waals surface area contributed by atoms with Crippen molar-refractivity contribution < 1.29 is 14.6 Å². The Bertz CT molecular complexity index is 398. The van der Waals surface area contributed by atoms with Crippen LogP contribution < -0.4 is 0 Å². The molecule has 1 aromatic carbocycles. The summed E-state index contributed by atoms with van der Waals surface area (Å²) in [6, 6.07) is 9.47. The number of carbonyl (C=O) groups excluding carboxylic acids is 1. The number of hydrogen-bond donors (Lipinski definition) is 1. The van der Waals surface area contributed by atoms with E-state index in [-0.39, 0.29) is 18.7 Å². The average molecular weight is 265 g/mol. The largest absolute Gasteiger partial charge is 0.444 e. The van der Waals surface area contributed by atoms with Gasteiger partial charge in [0, 0.05) is 13.7 Å². The number of amides is 1. The van der Waals surface area contributed by atoms with Crippen molar-refractivity contribution in [3.63, 3.8) is 0 Å². The van der Waals surface area contributed by atoms with Gasteiger partial charge in [0.1, 0.15) is 5.60 Å². The monoisotopic (exact) mass is 265 g/mol. The van der Waals surface area contributed by atoms with Crippen LogP contribution in [-0.2, 0) is 4.74 Å². The molecule has 0 saturated carbocycles. The molecule has 0 saturated heterocycles. The van der Waals surface area contributed by atoms with E-state index in [0.29, 0.717) is 6.42 Å². The summed E-state index contributed by atoms with van der Waals surface area (Å²) in [5, 5.41) is 9.18. The zero-order valence-corrected chi connectivity index (χ0v) is 12.1. The first-order chi connectivity index (χ1) is 8.85. The molecule has 0 aromatic heterocycles. The maximum Gasteiger partial charge on any atom is 0.410 e. The molecule has 4 nitrogen and oxygen atoms in total. The number of hydrogen-bond acceptors (Lipinski definition) is 3. The molecule has 1 unspecified atom stereocenters. The minimum absolute atomic E-state index is 0.0205. The molecule has 0 fully saturated rings. The molecule has 0 radical (unpaired) electrons. The Morgan fingerprint density at radius 1 is 1.32 bits per heavy atom. The van der Waals surface area contributed by atoms with Crippen LogP contribution in [0.5, 0.6) is 0 Å². The lowest BCUT2D eigenvalue weighted by atomic mass is 10.0. The Kier molecular flexibility index (Phi) is 5.36. The molecular weight excluding hydrogens is 242 g/mol. The van der Waals surface area contributed by atoms with Gasteiger partial charge in [-0.25, -0.2) is 4.79 Å². The Balaban J connectivity index is 2.85. The second kappa shape index (κ2) is 6.57. The third-order valence-corrected chi connectivity index (χ3v) is 2.74. The molecule has 1 rings (SSSR count). The smallest absolute Gasteiger partial charge is 0.410 e. The number of aliphatic hydroxyl groups is 1. The molecular formula is C15H23NO3. The SMILES string of the molecule is CN(C(=O)OC(C)(C)C)C(CCO)c1ccccc1. The molecule has 0 aliphatic carbocycles. The Labute approximate surface area is 115 Å². The van der Waals surface area contributed by atoms with Crippen molar-refractivity contribution in [2.45, 2.75) is 38.8 Å². The normalized spacial score (nSPS) is 12.9. The molecule has 4 heteroatoms. The molecule has 1 amide bonds. The number of ether oxygens (including phenoxy) is 1. The highest BCUT2D eigenvalue weighted by Gasteiger charge is 2.25. The number of nitrogens with zero attached hydrogens (tertiary/aromatic N) is 1. The van der Waals surface area contributed by atoms with E-state index in [2.05, 4.69) is 0 Å². The lowest BCUT2D eigenvalue weighted by Crippen LogP contribution is -2.37. The van der Waals surface area contributed by atoms with Gasteiger partial charge in [0.2, 0.25) is 0 Å². The van der Waals surface area contributed by atoms with Gasteiger partial charge in [-0.2, -0.15) is 0 Å². The standard InChI is InChI=1S/C15H23NO3/c1-15(2,3)19-14(18)16(4)13(10-11-17)12-8-6-5-7-9-12/h5-9,13,17H,10-11H2,1-4H3. The van der Waals surface area contributed by atoms with Crippen LogP contribution >= 0.6 is 0 Å². The Morgan fingerprint density at radius 3 is 2.37 bits per heavy atom. The molecule has 106 valence electrons. The summed E-state index contributed by atoms with van der Waals surface area (Å²) >= 11 is 0. The van der Waals surface area contributed by atoms with Gasteiger partial charge in [0.15, 0.2) is 0 Å². The van der Waals surface area contributed by atoms with Gasteiger partial charge in [0.25, 0.3) is 0 Å². The minimum atomic E-state index is -0.522. The van der Waals surface area contributed by atoms with Crippen molar-refractivity contribution in [1.82, 2.24) is 4.90 Å². The van der Waals surface area contributed by atoms with E-state index in [4.69, 9.17) is 4.74 Å². The van der Waals surface area contributed by atoms with E-state index < -0.39 is 5.60 Å². The van der Waals surface area contributed by atoms with E-state index in [1.54, 1.807) is 7.05 Å². The molecule has 1 aromatic rings. The highest BCUT2D eigenvalue weighted by atomic mass is 16.6. The fourth-order valence-electron chi connectivity index (χ4n) is 1.84. The summed E-state index contributed by atoms with van der Waals surface area (Å²) in [7, 11) is 1.70. The van der Waals surface area contributed by atoms with Gasteiger partial charge >= 0.3 is 6.09 Å². The lowest BCUT2D eigenvalue weighted by molar-refractivity contribution is 0.0198. The van der Waals surface area contributed by atoms with Gasteiger partial charge < -0.3 is 14.7 Å². The van der Waals surface area contributed by atoms with Crippen LogP contribution in [0.4, 0.5) is 4.79 Å². The molecule has 0 aliphatic rings. The van der Waals surface area contributed by atoms with Crippen molar-refractivity contribution in [1.29, 1.82) is 0 Å². The van der Waals surface area contributed by atoms with Crippen molar-refractivity contribution in [2.24, 2.45) is 0 Å². The molecule has 0 aliphatic heterocycles. The summed E-state index contributed by atoms with van der Waals surface area (Å²) in [5.74, 6) is 0. The topological polar surface area (TPSA) is 49.8 Å². The summed E-state index contributed by atoms with van der Waals surface area (Å²) in [6.07, 6.45) is 0.106. The number of benzene rings is 1. The van der Waals surface area contributed by atoms with E-state index in [0.717, 1.165) is 5.56 Å². The van der Waals surface area contributed by atoms with Crippen LogP contribution in [0.25, 0.3) is 0 Å². The van der Waals surface area contributed by atoms with Crippen molar-refractivity contribution in [3.8, 4) is 0 Å². The predicted molar refractivity (Wildman–Crippen MR) is 74.9 cm³/mol. The first-order valence-corrected chi connectivity index (χ1v) is 6.47. The Hall–Kier alpha value is -1.55. The zero-order chi connectivity index (χ0) is 14.5. The summed E-state index contributed by atoms with van der Waals surface area (Å²) in [5.41, 5.74) is 0.469. The van der Waals surface area contributed by atoms with Crippen LogP contribution in [0, 0.1) is 0 Å². The summed E-state index contributed by atoms with van der Waals surface area (Å²) in [4.78, 5) is 13.6. The average Bonchev–Trinajstić information content (AvgIpc) is 2.34. The molecule has 0 bridgehead atoms. The minimum Gasteiger partial charge on any atom is -0.444 e. The van der Waals surface area contributed by atoms with Crippen LogP contribution in [-0.4, -0.2) is 35.4 Å². The second-order valence-corrected chi connectivity index (χ2v) is 5.53.